The summed E-state index contributed by atoms with van der Waals surface area (Å²) < 4.78 is 4.85. The smallest absolute Gasteiger partial charge is 0.312 e. The molecular formula is C18H16O5. The van der Waals surface area contributed by atoms with Crippen LogP contribution in [0, 0.1) is 5.92 Å². The minimum absolute atomic E-state index is 0.000393. The number of aliphatic hydroxyl groups is 2. The van der Waals surface area contributed by atoms with Crippen LogP contribution in [0.15, 0.2) is 42.5 Å². The molecule has 5 rings (SSSR count). The first-order valence-electron chi connectivity index (χ1n) is 7.39. The summed E-state index contributed by atoms with van der Waals surface area (Å²) in [5.41, 5.74) is -1.12. The molecule has 0 aliphatic heterocycles. The zero-order valence-electron chi connectivity index (χ0n) is 12.5. The van der Waals surface area contributed by atoms with E-state index in [4.69, 9.17) is 4.74 Å². The lowest BCUT2D eigenvalue weighted by Gasteiger charge is -2.53. The molecular weight excluding hydrogens is 296 g/mol. The van der Waals surface area contributed by atoms with Gasteiger partial charge in [0.15, 0.2) is 0 Å². The van der Waals surface area contributed by atoms with E-state index in [1.54, 1.807) is 30.3 Å². The lowest BCUT2D eigenvalue weighted by molar-refractivity contribution is -0.163. The molecule has 2 bridgehead atoms. The van der Waals surface area contributed by atoms with Crippen molar-refractivity contribution in [1.82, 2.24) is 0 Å². The maximum Gasteiger partial charge on any atom is 0.312 e. The molecule has 5 nitrogen and oxygen atoms in total. The van der Waals surface area contributed by atoms with E-state index in [-0.39, 0.29) is 12.2 Å². The molecule has 0 saturated heterocycles. The van der Waals surface area contributed by atoms with Gasteiger partial charge in [-0.25, -0.2) is 0 Å². The van der Waals surface area contributed by atoms with Crippen molar-refractivity contribution in [2.75, 3.05) is 7.11 Å². The maximum absolute atomic E-state index is 12.2. The van der Waals surface area contributed by atoms with Crippen molar-refractivity contribution in [3.63, 3.8) is 0 Å². The molecule has 0 amide bonds. The van der Waals surface area contributed by atoms with Crippen LogP contribution in [0.5, 0.6) is 5.75 Å². The van der Waals surface area contributed by atoms with Gasteiger partial charge in [-0.1, -0.05) is 30.3 Å². The van der Waals surface area contributed by atoms with E-state index in [1.165, 1.54) is 19.2 Å². The highest BCUT2D eigenvalue weighted by atomic mass is 16.5. The molecule has 2 aromatic carbocycles. The van der Waals surface area contributed by atoms with E-state index in [2.05, 4.69) is 0 Å². The van der Waals surface area contributed by atoms with Crippen LogP contribution in [0.2, 0.25) is 0 Å². The second kappa shape index (κ2) is 4.34. The highest BCUT2D eigenvalue weighted by molar-refractivity contribution is 5.79. The van der Waals surface area contributed by atoms with E-state index in [0.717, 1.165) is 0 Å². The third-order valence-electron chi connectivity index (χ3n) is 5.13. The maximum atomic E-state index is 12.2. The Labute approximate surface area is 132 Å². The summed E-state index contributed by atoms with van der Waals surface area (Å²) in [4.78, 5) is 12.2. The van der Waals surface area contributed by atoms with Crippen LogP contribution in [-0.2, 0) is 20.7 Å². The Morgan fingerprint density at radius 2 is 1.74 bits per heavy atom. The molecule has 3 atom stereocenters. The number of hydrogen-bond acceptors (Lipinski definition) is 5. The molecule has 0 heterocycles. The average molecular weight is 312 g/mol. The number of aromatic hydroxyl groups is 1. The molecule has 5 heteroatoms. The first-order valence-corrected chi connectivity index (χ1v) is 7.39. The van der Waals surface area contributed by atoms with Crippen molar-refractivity contribution in [3.05, 3.63) is 64.7 Å². The van der Waals surface area contributed by atoms with Crippen molar-refractivity contribution in [2.24, 2.45) is 5.92 Å². The van der Waals surface area contributed by atoms with Crippen LogP contribution in [0.3, 0.4) is 0 Å². The van der Waals surface area contributed by atoms with Crippen molar-refractivity contribution in [1.29, 1.82) is 0 Å². The van der Waals surface area contributed by atoms with Gasteiger partial charge in [0.2, 0.25) is 0 Å². The van der Waals surface area contributed by atoms with Gasteiger partial charge < -0.3 is 20.1 Å². The molecule has 0 fully saturated rings. The fraction of sp³-hybridized carbons (Fsp3) is 0.278. The normalized spacial score (nSPS) is 30.5. The number of carbonyl (C=O) groups excluding carboxylic acids is 1. The summed E-state index contributed by atoms with van der Waals surface area (Å²) in [7, 11) is 1.27. The largest absolute Gasteiger partial charge is 0.508 e. The lowest BCUT2D eigenvalue weighted by Crippen LogP contribution is -2.57. The first kappa shape index (κ1) is 14.2. The van der Waals surface area contributed by atoms with Crippen molar-refractivity contribution in [2.45, 2.75) is 17.6 Å². The Morgan fingerprint density at radius 3 is 2.43 bits per heavy atom. The predicted molar refractivity (Wildman–Crippen MR) is 80.7 cm³/mol. The highest BCUT2D eigenvalue weighted by Crippen LogP contribution is 2.60. The Morgan fingerprint density at radius 1 is 1.09 bits per heavy atom. The fourth-order valence-corrected chi connectivity index (χ4v) is 4.11. The molecule has 23 heavy (non-hydrogen) atoms. The van der Waals surface area contributed by atoms with Gasteiger partial charge in [-0.3, -0.25) is 4.79 Å². The summed E-state index contributed by atoms with van der Waals surface area (Å²) in [6.45, 7) is 0. The highest BCUT2D eigenvalue weighted by Gasteiger charge is 2.62. The number of esters is 1. The Kier molecular flexibility index (Phi) is 2.69. The zero-order valence-corrected chi connectivity index (χ0v) is 12.5. The number of phenolic OH excluding ortho intramolecular Hbond substituents is 1. The number of benzene rings is 2. The minimum atomic E-state index is -1.59. The van der Waals surface area contributed by atoms with Crippen molar-refractivity contribution < 1.29 is 24.9 Å². The summed E-state index contributed by atoms with van der Waals surface area (Å²) >= 11 is 0. The van der Waals surface area contributed by atoms with E-state index in [1.807, 2.05) is 0 Å². The molecule has 3 aliphatic carbocycles. The zero-order chi connectivity index (χ0) is 16.4. The minimum Gasteiger partial charge on any atom is -0.508 e. The number of ether oxygens (including phenoxy) is 1. The van der Waals surface area contributed by atoms with Gasteiger partial charge >= 0.3 is 5.97 Å². The molecule has 0 radical (unpaired) electrons. The van der Waals surface area contributed by atoms with E-state index in [0.29, 0.717) is 22.3 Å². The Hall–Kier alpha value is -2.37. The molecule has 0 saturated carbocycles. The SMILES string of the molecule is COC(=O)C1CC2(O)c3ccccc3C1(O)c1ccc(O)cc12. The molecule has 0 spiro atoms. The summed E-state index contributed by atoms with van der Waals surface area (Å²) in [6.07, 6.45) is 0.00361. The van der Waals surface area contributed by atoms with Gasteiger partial charge in [-0.15, -0.1) is 0 Å². The second-order valence-electron chi connectivity index (χ2n) is 6.18. The van der Waals surface area contributed by atoms with Crippen LogP contribution < -0.4 is 0 Å². The number of carbonyl (C=O) groups is 1. The Balaban J connectivity index is 2.10. The van der Waals surface area contributed by atoms with Gasteiger partial charge in [0.05, 0.1) is 13.0 Å². The number of hydrogen-bond donors (Lipinski definition) is 3. The topological polar surface area (TPSA) is 87.0 Å². The van der Waals surface area contributed by atoms with Crippen LogP contribution in [0.4, 0.5) is 0 Å². The van der Waals surface area contributed by atoms with Gasteiger partial charge in [0.1, 0.15) is 17.0 Å². The number of fused-ring (bicyclic) bond motifs is 1. The summed E-state index contributed by atoms with van der Waals surface area (Å²) in [5, 5.41) is 32.6. The van der Waals surface area contributed by atoms with E-state index in [9.17, 15) is 20.1 Å². The Bertz CT molecular complexity index is 830. The average Bonchev–Trinajstić information content (AvgIpc) is 2.56. The van der Waals surface area contributed by atoms with E-state index >= 15 is 0 Å². The van der Waals surface area contributed by atoms with Gasteiger partial charge in [-0.2, -0.15) is 0 Å². The number of methoxy groups -OCH3 is 1. The summed E-state index contributed by atoms with van der Waals surface area (Å²) in [6, 6.07) is 11.4. The van der Waals surface area contributed by atoms with Gasteiger partial charge in [0.25, 0.3) is 0 Å². The van der Waals surface area contributed by atoms with Gasteiger partial charge in [0, 0.05) is 6.42 Å². The molecule has 3 aliphatic rings. The molecule has 0 aromatic heterocycles. The van der Waals surface area contributed by atoms with Crippen LogP contribution in [-0.4, -0.2) is 28.4 Å². The third kappa shape index (κ3) is 1.56. The van der Waals surface area contributed by atoms with Crippen molar-refractivity contribution in [3.8, 4) is 5.75 Å². The second-order valence-corrected chi connectivity index (χ2v) is 6.18. The van der Waals surface area contributed by atoms with Crippen LogP contribution in [0.1, 0.15) is 28.7 Å². The molecule has 118 valence electrons. The monoisotopic (exact) mass is 312 g/mol. The molecule has 3 unspecified atom stereocenters. The fourth-order valence-electron chi connectivity index (χ4n) is 4.11. The number of phenols is 1. The first-order chi connectivity index (χ1) is 10.9. The van der Waals surface area contributed by atoms with Gasteiger partial charge in [-0.05, 0) is 34.4 Å². The standard InChI is InChI=1S/C18H16O5/c1-23-16(20)15-9-17(21)11-4-2-3-5-12(11)18(15,22)13-7-6-10(19)8-14(13)17/h2-8,15,19,21-22H,9H2,1H3. The summed E-state index contributed by atoms with van der Waals surface area (Å²) in [5.74, 6) is -1.48. The predicted octanol–water partition coefficient (Wildman–Crippen LogP) is 1.37. The van der Waals surface area contributed by atoms with Crippen LogP contribution >= 0.6 is 0 Å². The third-order valence-corrected chi connectivity index (χ3v) is 5.13. The number of rotatable bonds is 1. The van der Waals surface area contributed by atoms with E-state index < -0.39 is 23.1 Å². The molecule has 3 N–H and O–H groups in total. The lowest BCUT2D eigenvalue weighted by atomic mass is 9.54. The quantitative estimate of drug-likeness (QED) is 0.692. The molecule has 2 aromatic rings. The van der Waals surface area contributed by atoms with Crippen LogP contribution in [0.25, 0.3) is 0 Å². The van der Waals surface area contributed by atoms with Crippen molar-refractivity contribution >= 4 is 5.97 Å².